The van der Waals surface area contributed by atoms with Crippen LogP contribution in [0.5, 0.6) is 0 Å². The largest absolute Gasteiger partial charge is 0.306 e. The SMILES string of the molecule is CC1CN(C)CCCC1(C#N)c1ccccc1. The van der Waals surface area contributed by atoms with Gasteiger partial charge in [0, 0.05) is 6.54 Å². The molecule has 0 aliphatic carbocycles. The van der Waals surface area contributed by atoms with Crippen LogP contribution in [-0.4, -0.2) is 25.0 Å². The fourth-order valence-electron chi connectivity index (χ4n) is 2.98. The number of nitriles is 1. The zero-order valence-corrected chi connectivity index (χ0v) is 10.7. The molecule has 1 aliphatic rings. The van der Waals surface area contributed by atoms with Gasteiger partial charge in [-0.3, -0.25) is 0 Å². The van der Waals surface area contributed by atoms with Crippen molar-refractivity contribution in [3.05, 3.63) is 35.9 Å². The predicted molar refractivity (Wildman–Crippen MR) is 69.6 cm³/mol. The highest BCUT2D eigenvalue weighted by atomic mass is 15.1. The molecule has 1 fully saturated rings. The molecule has 2 nitrogen and oxygen atoms in total. The Kier molecular flexibility index (Phi) is 3.49. The van der Waals surface area contributed by atoms with Crippen molar-refractivity contribution in [1.29, 1.82) is 5.26 Å². The number of likely N-dealkylation sites (tertiary alicyclic amines) is 1. The van der Waals surface area contributed by atoms with Crippen molar-refractivity contribution in [2.24, 2.45) is 5.92 Å². The summed E-state index contributed by atoms with van der Waals surface area (Å²) in [7, 11) is 2.15. The van der Waals surface area contributed by atoms with Crippen LogP contribution in [0.25, 0.3) is 0 Å². The maximum absolute atomic E-state index is 9.71. The van der Waals surface area contributed by atoms with Gasteiger partial charge >= 0.3 is 0 Å². The molecule has 90 valence electrons. The van der Waals surface area contributed by atoms with Crippen LogP contribution in [0.15, 0.2) is 30.3 Å². The van der Waals surface area contributed by atoms with E-state index in [0.717, 1.165) is 25.9 Å². The molecule has 1 aliphatic heterocycles. The van der Waals surface area contributed by atoms with E-state index in [4.69, 9.17) is 0 Å². The Labute approximate surface area is 104 Å². The van der Waals surface area contributed by atoms with Crippen molar-refractivity contribution in [2.75, 3.05) is 20.1 Å². The zero-order valence-electron chi connectivity index (χ0n) is 10.7. The first kappa shape index (κ1) is 12.1. The molecule has 2 atom stereocenters. The van der Waals surface area contributed by atoms with E-state index in [1.165, 1.54) is 5.56 Å². The third kappa shape index (κ3) is 2.21. The Morgan fingerprint density at radius 3 is 2.71 bits per heavy atom. The lowest BCUT2D eigenvalue weighted by Crippen LogP contribution is -2.35. The molecule has 1 aromatic carbocycles. The van der Waals surface area contributed by atoms with Gasteiger partial charge in [0.25, 0.3) is 0 Å². The Morgan fingerprint density at radius 2 is 2.06 bits per heavy atom. The first-order valence-electron chi connectivity index (χ1n) is 6.34. The van der Waals surface area contributed by atoms with Crippen LogP contribution in [0.2, 0.25) is 0 Å². The molecule has 1 aromatic rings. The van der Waals surface area contributed by atoms with Gasteiger partial charge in [-0.25, -0.2) is 0 Å². The lowest BCUT2D eigenvalue weighted by Gasteiger charge is -2.32. The van der Waals surface area contributed by atoms with Crippen LogP contribution < -0.4 is 0 Å². The molecular weight excluding hydrogens is 208 g/mol. The normalized spacial score (nSPS) is 30.5. The first-order chi connectivity index (χ1) is 8.19. The predicted octanol–water partition coefficient (Wildman–Crippen LogP) is 2.81. The van der Waals surface area contributed by atoms with Crippen LogP contribution in [-0.2, 0) is 5.41 Å². The molecule has 2 unspecified atom stereocenters. The Morgan fingerprint density at radius 1 is 1.35 bits per heavy atom. The quantitative estimate of drug-likeness (QED) is 0.739. The van der Waals surface area contributed by atoms with Crippen LogP contribution >= 0.6 is 0 Å². The van der Waals surface area contributed by atoms with Gasteiger partial charge in [-0.2, -0.15) is 5.26 Å². The molecule has 0 aromatic heterocycles. The summed E-state index contributed by atoms with van der Waals surface area (Å²) in [5.74, 6) is 0.377. The Bertz CT molecular complexity index is 407. The summed E-state index contributed by atoms with van der Waals surface area (Å²) in [6, 6.07) is 12.9. The van der Waals surface area contributed by atoms with E-state index >= 15 is 0 Å². The summed E-state index contributed by atoms with van der Waals surface area (Å²) in [5.41, 5.74) is 0.886. The van der Waals surface area contributed by atoms with Gasteiger partial charge in [0.1, 0.15) is 0 Å². The minimum Gasteiger partial charge on any atom is -0.306 e. The van der Waals surface area contributed by atoms with Gasteiger partial charge in [-0.05, 0) is 37.9 Å². The lowest BCUT2D eigenvalue weighted by atomic mass is 9.69. The summed E-state index contributed by atoms with van der Waals surface area (Å²) in [4.78, 5) is 2.34. The smallest absolute Gasteiger partial charge is 0.0860 e. The fraction of sp³-hybridized carbons (Fsp3) is 0.533. The first-order valence-corrected chi connectivity index (χ1v) is 6.34. The average Bonchev–Trinajstić information content (AvgIpc) is 2.49. The van der Waals surface area contributed by atoms with Gasteiger partial charge in [-0.15, -0.1) is 0 Å². The fourth-order valence-corrected chi connectivity index (χ4v) is 2.98. The lowest BCUT2D eigenvalue weighted by molar-refractivity contribution is 0.276. The van der Waals surface area contributed by atoms with Crippen LogP contribution in [0.4, 0.5) is 0 Å². The second-order valence-corrected chi connectivity index (χ2v) is 5.22. The molecule has 1 saturated heterocycles. The number of rotatable bonds is 1. The van der Waals surface area contributed by atoms with E-state index in [2.05, 4.69) is 37.1 Å². The molecule has 17 heavy (non-hydrogen) atoms. The third-order valence-electron chi connectivity index (χ3n) is 4.03. The minimum atomic E-state index is -0.300. The minimum absolute atomic E-state index is 0.300. The molecule has 1 heterocycles. The molecule has 2 rings (SSSR count). The Balaban J connectivity index is 2.40. The monoisotopic (exact) mass is 228 g/mol. The molecule has 0 radical (unpaired) electrons. The van der Waals surface area contributed by atoms with Crippen molar-refractivity contribution >= 4 is 0 Å². The molecular formula is C15H20N2. The van der Waals surface area contributed by atoms with E-state index < -0.39 is 0 Å². The second-order valence-electron chi connectivity index (χ2n) is 5.22. The topological polar surface area (TPSA) is 27.0 Å². The highest BCUT2D eigenvalue weighted by Gasteiger charge is 2.39. The van der Waals surface area contributed by atoms with Crippen LogP contribution in [0.1, 0.15) is 25.3 Å². The standard InChI is InChI=1S/C15H20N2/c1-13-11-17(2)10-6-9-15(13,12-16)14-7-4-3-5-8-14/h3-5,7-8,13H,6,9-11H2,1-2H3. The van der Waals surface area contributed by atoms with E-state index in [0.29, 0.717) is 5.92 Å². The van der Waals surface area contributed by atoms with Crippen molar-refractivity contribution in [2.45, 2.75) is 25.2 Å². The molecule has 2 heteroatoms. The van der Waals surface area contributed by atoms with Crippen molar-refractivity contribution in [3.8, 4) is 6.07 Å². The zero-order chi connectivity index (χ0) is 12.3. The molecule has 0 N–H and O–H groups in total. The average molecular weight is 228 g/mol. The van der Waals surface area contributed by atoms with Gasteiger partial charge < -0.3 is 4.90 Å². The summed E-state index contributed by atoms with van der Waals surface area (Å²) in [5, 5.41) is 9.71. The van der Waals surface area contributed by atoms with E-state index in [1.54, 1.807) is 0 Å². The van der Waals surface area contributed by atoms with Crippen molar-refractivity contribution in [1.82, 2.24) is 4.90 Å². The van der Waals surface area contributed by atoms with E-state index in [-0.39, 0.29) is 5.41 Å². The highest BCUT2D eigenvalue weighted by molar-refractivity contribution is 5.33. The van der Waals surface area contributed by atoms with Gasteiger partial charge in [0.15, 0.2) is 0 Å². The number of benzene rings is 1. The summed E-state index contributed by atoms with van der Waals surface area (Å²) in [6.07, 6.45) is 2.07. The number of nitrogens with zero attached hydrogens (tertiary/aromatic N) is 2. The number of hydrogen-bond donors (Lipinski definition) is 0. The van der Waals surface area contributed by atoms with Gasteiger partial charge in [0.05, 0.1) is 11.5 Å². The summed E-state index contributed by atoms with van der Waals surface area (Å²) in [6.45, 7) is 4.31. The van der Waals surface area contributed by atoms with Gasteiger partial charge in [0.2, 0.25) is 0 Å². The maximum atomic E-state index is 9.71. The van der Waals surface area contributed by atoms with E-state index in [9.17, 15) is 5.26 Å². The molecule has 0 amide bonds. The third-order valence-corrected chi connectivity index (χ3v) is 4.03. The molecule has 0 spiro atoms. The number of hydrogen-bond acceptors (Lipinski definition) is 2. The Hall–Kier alpha value is -1.33. The summed E-state index contributed by atoms with van der Waals surface area (Å²) >= 11 is 0. The van der Waals surface area contributed by atoms with Crippen LogP contribution in [0, 0.1) is 17.2 Å². The maximum Gasteiger partial charge on any atom is 0.0860 e. The molecule has 0 saturated carbocycles. The van der Waals surface area contributed by atoms with E-state index in [1.807, 2.05) is 18.2 Å². The summed E-state index contributed by atoms with van der Waals surface area (Å²) < 4.78 is 0. The van der Waals surface area contributed by atoms with Crippen molar-refractivity contribution in [3.63, 3.8) is 0 Å². The second kappa shape index (κ2) is 4.89. The van der Waals surface area contributed by atoms with Gasteiger partial charge in [-0.1, -0.05) is 37.3 Å². The molecule has 0 bridgehead atoms. The highest BCUT2D eigenvalue weighted by Crippen LogP contribution is 2.38. The van der Waals surface area contributed by atoms with Crippen molar-refractivity contribution < 1.29 is 0 Å². The van der Waals surface area contributed by atoms with Crippen LogP contribution in [0.3, 0.4) is 0 Å².